The van der Waals surface area contributed by atoms with Crippen molar-refractivity contribution >= 4 is 17.5 Å². The Hall–Kier alpha value is -3.02. The highest BCUT2D eigenvalue weighted by Crippen LogP contribution is 2.35. The van der Waals surface area contributed by atoms with Crippen LogP contribution in [0.4, 0.5) is 5.69 Å². The lowest BCUT2D eigenvalue weighted by molar-refractivity contribution is -0.136. The molecule has 156 valence electrons. The molecule has 2 heterocycles. The number of hydrogen-bond donors (Lipinski definition) is 0. The summed E-state index contributed by atoms with van der Waals surface area (Å²) in [6, 6.07) is 15.6. The summed E-state index contributed by atoms with van der Waals surface area (Å²) in [5.74, 6) is 1.78. The van der Waals surface area contributed by atoms with Crippen LogP contribution in [0.3, 0.4) is 0 Å². The first kappa shape index (κ1) is 19.0. The molecule has 1 aliphatic carbocycles. The van der Waals surface area contributed by atoms with E-state index in [9.17, 15) is 9.59 Å². The zero-order valence-electron chi connectivity index (χ0n) is 17.0. The van der Waals surface area contributed by atoms with Gasteiger partial charge in [0.2, 0.25) is 18.6 Å². The lowest BCUT2D eigenvalue weighted by Crippen LogP contribution is -2.47. The number of anilines is 1. The number of amides is 2. The van der Waals surface area contributed by atoms with Crippen molar-refractivity contribution < 1.29 is 19.1 Å². The minimum atomic E-state index is -0.171. The fourth-order valence-corrected chi connectivity index (χ4v) is 4.31. The number of benzene rings is 2. The van der Waals surface area contributed by atoms with Crippen molar-refractivity contribution in [3.8, 4) is 11.5 Å². The normalized spacial score (nSPS) is 20.1. The van der Waals surface area contributed by atoms with E-state index in [-0.39, 0.29) is 30.4 Å². The zero-order valence-corrected chi connectivity index (χ0v) is 17.0. The molecule has 2 aromatic carbocycles. The van der Waals surface area contributed by atoms with Crippen LogP contribution < -0.4 is 14.4 Å². The highest BCUT2D eigenvalue weighted by atomic mass is 16.7. The maximum absolute atomic E-state index is 13.6. The smallest absolute Gasteiger partial charge is 0.232 e. The van der Waals surface area contributed by atoms with Crippen LogP contribution in [0.25, 0.3) is 0 Å². The van der Waals surface area contributed by atoms with Crippen molar-refractivity contribution in [1.82, 2.24) is 4.90 Å². The fraction of sp³-hybridized carbons (Fsp3) is 0.417. The highest BCUT2D eigenvalue weighted by molar-refractivity contribution is 5.95. The van der Waals surface area contributed by atoms with E-state index >= 15 is 0 Å². The summed E-state index contributed by atoms with van der Waals surface area (Å²) in [6.07, 6.45) is 3.68. The average molecular weight is 406 g/mol. The monoisotopic (exact) mass is 406 g/mol. The second kappa shape index (κ2) is 8.01. The summed E-state index contributed by atoms with van der Waals surface area (Å²) in [6.45, 7) is 1.98. The Morgan fingerprint density at radius 2 is 1.77 bits per heavy atom. The number of rotatable bonds is 5. The second-order valence-electron chi connectivity index (χ2n) is 8.35. The lowest BCUT2D eigenvalue weighted by Gasteiger charge is -2.35. The van der Waals surface area contributed by atoms with E-state index in [2.05, 4.69) is 0 Å². The number of ether oxygens (including phenoxy) is 2. The van der Waals surface area contributed by atoms with E-state index < -0.39 is 0 Å². The number of carbonyl (C=O) groups is 2. The van der Waals surface area contributed by atoms with Crippen molar-refractivity contribution in [2.75, 3.05) is 24.8 Å². The van der Waals surface area contributed by atoms with Crippen LogP contribution in [0.2, 0.25) is 0 Å². The van der Waals surface area contributed by atoms with Gasteiger partial charge < -0.3 is 19.3 Å². The van der Waals surface area contributed by atoms with E-state index in [1.54, 1.807) is 0 Å². The van der Waals surface area contributed by atoms with Crippen LogP contribution >= 0.6 is 0 Å². The van der Waals surface area contributed by atoms with Crippen molar-refractivity contribution in [1.29, 1.82) is 0 Å². The number of piperidine rings is 1. The Bertz CT molecular complexity index is 941. The average Bonchev–Trinajstić information content (AvgIpc) is 3.54. The van der Waals surface area contributed by atoms with Gasteiger partial charge in [-0.25, -0.2) is 0 Å². The molecule has 1 saturated carbocycles. The Labute approximate surface area is 176 Å². The Kier molecular flexibility index (Phi) is 5.07. The number of hydrogen-bond acceptors (Lipinski definition) is 4. The number of para-hydroxylation sites is 1. The summed E-state index contributed by atoms with van der Waals surface area (Å²) < 4.78 is 10.9. The summed E-state index contributed by atoms with van der Waals surface area (Å²) >= 11 is 0. The third kappa shape index (κ3) is 3.86. The third-order valence-corrected chi connectivity index (χ3v) is 6.12. The highest BCUT2D eigenvalue weighted by Gasteiger charge is 2.37. The molecule has 2 aliphatic heterocycles. The van der Waals surface area contributed by atoms with E-state index in [0.29, 0.717) is 18.8 Å². The van der Waals surface area contributed by atoms with E-state index in [4.69, 9.17) is 9.47 Å². The van der Waals surface area contributed by atoms with Crippen molar-refractivity contribution in [2.24, 2.45) is 11.8 Å². The van der Waals surface area contributed by atoms with Gasteiger partial charge in [-0.05, 0) is 55.5 Å². The van der Waals surface area contributed by atoms with Crippen molar-refractivity contribution in [2.45, 2.75) is 32.2 Å². The van der Waals surface area contributed by atoms with Crippen LogP contribution in [-0.2, 0) is 16.1 Å². The lowest BCUT2D eigenvalue weighted by atomic mass is 9.95. The number of nitrogens with zero attached hydrogens (tertiary/aromatic N) is 2. The summed E-state index contributed by atoms with van der Waals surface area (Å²) in [5.41, 5.74) is 1.85. The molecule has 0 radical (unpaired) electrons. The van der Waals surface area contributed by atoms with Crippen LogP contribution in [0, 0.1) is 11.8 Å². The molecule has 1 unspecified atom stereocenters. The van der Waals surface area contributed by atoms with Gasteiger partial charge in [-0.2, -0.15) is 0 Å². The largest absolute Gasteiger partial charge is 0.454 e. The Morgan fingerprint density at radius 3 is 2.57 bits per heavy atom. The molecule has 5 rings (SSSR count). The molecule has 0 spiro atoms. The Morgan fingerprint density at radius 1 is 0.967 bits per heavy atom. The first-order valence-electron chi connectivity index (χ1n) is 10.7. The van der Waals surface area contributed by atoms with Gasteiger partial charge in [0.05, 0.1) is 12.5 Å². The predicted octanol–water partition coefficient (Wildman–Crippen LogP) is 3.60. The quantitative estimate of drug-likeness (QED) is 0.761. The molecule has 30 heavy (non-hydrogen) atoms. The van der Waals surface area contributed by atoms with E-state index in [0.717, 1.165) is 49.2 Å². The summed E-state index contributed by atoms with van der Waals surface area (Å²) in [7, 11) is 0. The first-order chi connectivity index (χ1) is 14.7. The van der Waals surface area contributed by atoms with Crippen molar-refractivity contribution in [3.63, 3.8) is 0 Å². The number of carbonyl (C=O) groups excluding carboxylic acids is 2. The molecule has 0 N–H and O–H groups in total. The standard InChI is InChI=1S/C24H26N2O4/c27-23(18-9-10-18)25-12-4-5-19(15-25)24(28)26(20-6-2-1-3-7-20)14-17-8-11-21-22(13-17)30-16-29-21/h1-3,6-8,11,13,18-19H,4-5,9-10,12,14-16H2. The molecule has 1 atom stereocenters. The van der Waals surface area contributed by atoms with E-state index in [1.807, 2.05) is 58.3 Å². The predicted molar refractivity (Wildman–Crippen MR) is 112 cm³/mol. The number of fused-ring (bicyclic) bond motifs is 1. The molecule has 0 bridgehead atoms. The fourth-order valence-electron chi connectivity index (χ4n) is 4.31. The van der Waals surface area contributed by atoms with Gasteiger partial charge in [0, 0.05) is 24.7 Å². The van der Waals surface area contributed by atoms with Gasteiger partial charge in [-0.15, -0.1) is 0 Å². The topological polar surface area (TPSA) is 59.1 Å². The summed E-state index contributed by atoms with van der Waals surface area (Å²) in [5, 5.41) is 0. The van der Waals surface area contributed by atoms with Crippen LogP contribution in [0.5, 0.6) is 11.5 Å². The molecule has 0 aromatic heterocycles. The molecule has 6 heteroatoms. The van der Waals surface area contributed by atoms with Gasteiger partial charge in [0.1, 0.15) is 0 Å². The zero-order chi connectivity index (χ0) is 20.5. The van der Waals surface area contributed by atoms with Crippen molar-refractivity contribution in [3.05, 3.63) is 54.1 Å². The molecule has 2 fully saturated rings. The molecule has 3 aliphatic rings. The molecular weight excluding hydrogens is 380 g/mol. The first-order valence-corrected chi connectivity index (χ1v) is 10.7. The molecular formula is C24H26N2O4. The van der Waals surface area contributed by atoms with E-state index in [1.165, 1.54) is 0 Å². The van der Waals surface area contributed by atoms with Crippen LogP contribution in [0.15, 0.2) is 48.5 Å². The SMILES string of the molecule is O=C(C1CC1)N1CCCC(C(=O)N(Cc2ccc3c(c2)OCO3)c2ccccc2)C1. The third-order valence-electron chi connectivity index (χ3n) is 6.12. The van der Waals surface area contributed by atoms with Gasteiger partial charge in [-0.3, -0.25) is 9.59 Å². The minimum absolute atomic E-state index is 0.0761. The molecule has 2 amide bonds. The maximum atomic E-state index is 13.6. The minimum Gasteiger partial charge on any atom is -0.454 e. The van der Waals surface area contributed by atoms with Gasteiger partial charge >= 0.3 is 0 Å². The number of likely N-dealkylation sites (tertiary alicyclic amines) is 1. The molecule has 6 nitrogen and oxygen atoms in total. The van der Waals surface area contributed by atoms with Gasteiger partial charge in [0.15, 0.2) is 11.5 Å². The van der Waals surface area contributed by atoms with Gasteiger partial charge in [-0.1, -0.05) is 24.3 Å². The summed E-state index contributed by atoms with van der Waals surface area (Å²) in [4.78, 5) is 29.9. The van der Waals surface area contributed by atoms with Crippen LogP contribution in [-0.4, -0.2) is 36.6 Å². The molecule has 2 aromatic rings. The second-order valence-corrected chi connectivity index (χ2v) is 8.35. The Balaban J connectivity index is 1.37. The van der Waals surface area contributed by atoms with Crippen LogP contribution in [0.1, 0.15) is 31.2 Å². The molecule has 1 saturated heterocycles. The van der Waals surface area contributed by atoms with Gasteiger partial charge in [0.25, 0.3) is 0 Å². The maximum Gasteiger partial charge on any atom is 0.232 e.